The predicted octanol–water partition coefficient (Wildman–Crippen LogP) is 3.18. The molecular formula is C20H16N6O. The molecule has 5 rings (SSSR count). The van der Waals surface area contributed by atoms with Crippen LogP contribution in [0.15, 0.2) is 71.7 Å². The maximum atomic E-state index is 11.4. The van der Waals surface area contributed by atoms with Crippen LogP contribution in [0.1, 0.15) is 5.56 Å². The topological polar surface area (TPSA) is 90.9 Å². The van der Waals surface area contributed by atoms with Gasteiger partial charge in [-0.2, -0.15) is 9.61 Å². The molecule has 0 aliphatic rings. The molecule has 0 spiro atoms. The van der Waals surface area contributed by atoms with E-state index < -0.39 is 0 Å². The van der Waals surface area contributed by atoms with E-state index in [1.165, 1.54) is 0 Å². The van der Waals surface area contributed by atoms with Crippen molar-refractivity contribution in [2.24, 2.45) is 0 Å². The van der Waals surface area contributed by atoms with Crippen LogP contribution in [0.4, 0.5) is 5.82 Å². The Morgan fingerprint density at radius 3 is 2.70 bits per heavy atom. The van der Waals surface area contributed by atoms with Gasteiger partial charge in [-0.25, -0.2) is 9.78 Å². The highest BCUT2D eigenvalue weighted by atomic mass is 16.1. The first-order chi connectivity index (χ1) is 13.3. The minimum atomic E-state index is -0.199. The number of rotatable bonds is 4. The molecule has 0 atom stereocenters. The van der Waals surface area contributed by atoms with Gasteiger partial charge in [0.15, 0.2) is 5.65 Å². The van der Waals surface area contributed by atoms with Gasteiger partial charge in [0.25, 0.3) is 0 Å². The average molecular weight is 356 g/mol. The Balaban J connectivity index is 1.50. The number of fused-ring (bicyclic) bond motifs is 2. The zero-order valence-electron chi connectivity index (χ0n) is 14.3. The minimum Gasteiger partial charge on any atom is -0.366 e. The summed E-state index contributed by atoms with van der Waals surface area (Å²) >= 11 is 0. The summed E-state index contributed by atoms with van der Waals surface area (Å²) in [5.74, 6) is 0.853. The molecule has 0 unspecified atom stereocenters. The second-order valence-electron chi connectivity index (χ2n) is 6.31. The highest BCUT2D eigenvalue weighted by Gasteiger charge is 2.08. The van der Waals surface area contributed by atoms with Crippen LogP contribution in [0.2, 0.25) is 0 Å². The molecule has 0 fully saturated rings. The number of imidazole rings is 1. The van der Waals surface area contributed by atoms with Crippen LogP contribution in [-0.4, -0.2) is 24.6 Å². The van der Waals surface area contributed by atoms with Crippen LogP contribution in [0.5, 0.6) is 0 Å². The zero-order valence-corrected chi connectivity index (χ0v) is 14.3. The Morgan fingerprint density at radius 1 is 0.963 bits per heavy atom. The van der Waals surface area contributed by atoms with Crippen molar-refractivity contribution in [3.63, 3.8) is 0 Å². The summed E-state index contributed by atoms with van der Waals surface area (Å²) in [6.45, 7) is 0.594. The summed E-state index contributed by atoms with van der Waals surface area (Å²) in [5.41, 5.74) is 5.17. The third kappa shape index (κ3) is 2.85. The van der Waals surface area contributed by atoms with E-state index >= 15 is 0 Å². The number of benzene rings is 2. The minimum absolute atomic E-state index is 0.199. The van der Waals surface area contributed by atoms with Gasteiger partial charge >= 0.3 is 5.69 Å². The third-order valence-corrected chi connectivity index (χ3v) is 4.48. The number of nitrogens with zero attached hydrogens (tertiary/aromatic N) is 3. The van der Waals surface area contributed by atoms with E-state index in [2.05, 4.69) is 25.4 Å². The number of hydrogen-bond acceptors (Lipinski definition) is 4. The van der Waals surface area contributed by atoms with E-state index in [4.69, 9.17) is 0 Å². The molecule has 0 amide bonds. The van der Waals surface area contributed by atoms with Crippen molar-refractivity contribution in [2.45, 2.75) is 6.54 Å². The van der Waals surface area contributed by atoms with E-state index in [0.717, 1.165) is 39.3 Å². The van der Waals surface area contributed by atoms with E-state index in [1.807, 2.05) is 60.7 Å². The van der Waals surface area contributed by atoms with Crippen LogP contribution in [0, 0.1) is 0 Å². The van der Waals surface area contributed by atoms with Gasteiger partial charge in [-0.05, 0) is 17.7 Å². The Morgan fingerprint density at radius 2 is 1.81 bits per heavy atom. The number of hydrogen-bond donors (Lipinski definition) is 3. The van der Waals surface area contributed by atoms with Gasteiger partial charge < -0.3 is 15.3 Å². The molecule has 27 heavy (non-hydrogen) atoms. The van der Waals surface area contributed by atoms with Gasteiger partial charge in [-0.1, -0.05) is 36.4 Å². The molecule has 7 nitrogen and oxygen atoms in total. The average Bonchev–Trinajstić information content (AvgIpc) is 3.31. The summed E-state index contributed by atoms with van der Waals surface area (Å²) in [6, 6.07) is 19.8. The molecule has 0 aliphatic heterocycles. The van der Waals surface area contributed by atoms with Gasteiger partial charge in [0.05, 0.1) is 22.9 Å². The zero-order chi connectivity index (χ0) is 18.2. The summed E-state index contributed by atoms with van der Waals surface area (Å²) in [6.07, 6.45) is 1.74. The standard InChI is InChI=1S/C20H16N6O/c27-20-24-15-7-6-13(10-17(15)25-20)12-21-19-11-16(14-4-2-1-3-5-14)23-18-8-9-22-26(18)19/h1-11,21H,12H2,(H2,24,25,27). The van der Waals surface area contributed by atoms with E-state index in [0.29, 0.717) is 6.54 Å². The molecule has 3 aromatic heterocycles. The van der Waals surface area contributed by atoms with Crippen LogP contribution in [-0.2, 0) is 6.54 Å². The summed E-state index contributed by atoms with van der Waals surface area (Å²) in [4.78, 5) is 21.6. The summed E-state index contributed by atoms with van der Waals surface area (Å²) in [7, 11) is 0. The fourth-order valence-corrected chi connectivity index (χ4v) is 3.18. The summed E-state index contributed by atoms with van der Waals surface area (Å²) in [5, 5.41) is 7.79. The van der Waals surface area contributed by atoms with E-state index in [1.54, 1.807) is 10.7 Å². The van der Waals surface area contributed by atoms with Crippen molar-refractivity contribution >= 4 is 22.5 Å². The highest BCUT2D eigenvalue weighted by Crippen LogP contribution is 2.22. The lowest BCUT2D eigenvalue weighted by Crippen LogP contribution is -2.06. The normalized spacial score (nSPS) is 11.3. The molecule has 3 heterocycles. The lowest BCUT2D eigenvalue weighted by atomic mass is 10.1. The van der Waals surface area contributed by atoms with Gasteiger partial charge in [0.2, 0.25) is 0 Å². The molecule has 0 saturated carbocycles. The number of H-pyrrole nitrogens is 2. The Labute approximate surface area is 153 Å². The first-order valence-electron chi connectivity index (χ1n) is 8.61. The maximum Gasteiger partial charge on any atom is 0.323 e. The van der Waals surface area contributed by atoms with Crippen LogP contribution >= 0.6 is 0 Å². The Hall–Kier alpha value is -3.87. The molecule has 7 heteroatoms. The van der Waals surface area contributed by atoms with Gasteiger partial charge in [0.1, 0.15) is 5.82 Å². The fraction of sp³-hybridized carbons (Fsp3) is 0.0500. The molecular weight excluding hydrogens is 340 g/mol. The fourth-order valence-electron chi connectivity index (χ4n) is 3.18. The van der Waals surface area contributed by atoms with Crippen molar-refractivity contribution in [1.29, 1.82) is 0 Å². The first-order valence-corrected chi connectivity index (χ1v) is 8.61. The second-order valence-corrected chi connectivity index (χ2v) is 6.31. The number of anilines is 1. The van der Waals surface area contributed by atoms with Crippen LogP contribution in [0.25, 0.3) is 27.9 Å². The molecule has 132 valence electrons. The van der Waals surface area contributed by atoms with Gasteiger partial charge in [-0.3, -0.25) is 0 Å². The molecule has 0 saturated heterocycles. The molecule has 0 aliphatic carbocycles. The van der Waals surface area contributed by atoms with Crippen molar-refractivity contribution in [3.05, 3.63) is 82.9 Å². The van der Waals surface area contributed by atoms with E-state index in [9.17, 15) is 4.79 Å². The second kappa shape index (κ2) is 6.14. The third-order valence-electron chi connectivity index (χ3n) is 4.48. The molecule has 0 bridgehead atoms. The molecule has 0 radical (unpaired) electrons. The van der Waals surface area contributed by atoms with E-state index in [-0.39, 0.29) is 5.69 Å². The number of nitrogens with one attached hydrogen (secondary N) is 3. The lowest BCUT2D eigenvalue weighted by Gasteiger charge is -2.11. The molecule has 3 N–H and O–H groups in total. The quantitative estimate of drug-likeness (QED) is 0.461. The molecule has 5 aromatic rings. The number of aromatic nitrogens is 5. The largest absolute Gasteiger partial charge is 0.366 e. The van der Waals surface area contributed by atoms with Crippen molar-refractivity contribution < 1.29 is 0 Å². The maximum absolute atomic E-state index is 11.4. The Bertz CT molecular complexity index is 1300. The van der Waals surface area contributed by atoms with Crippen molar-refractivity contribution in [3.8, 4) is 11.3 Å². The van der Waals surface area contributed by atoms with Gasteiger partial charge in [-0.15, -0.1) is 0 Å². The highest BCUT2D eigenvalue weighted by molar-refractivity contribution is 5.75. The van der Waals surface area contributed by atoms with Crippen LogP contribution in [0.3, 0.4) is 0 Å². The van der Waals surface area contributed by atoms with Crippen LogP contribution < -0.4 is 11.0 Å². The van der Waals surface area contributed by atoms with Gasteiger partial charge in [0, 0.05) is 24.2 Å². The Kier molecular flexibility index (Phi) is 3.50. The van der Waals surface area contributed by atoms with Crippen molar-refractivity contribution in [2.75, 3.05) is 5.32 Å². The SMILES string of the molecule is O=c1[nH]c2ccc(CNc3cc(-c4ccccc4)nc4ccnn34)cc2[nH]1. The smallest absolute Gasteiger partial charge is 0.323 e. The monoisotopic (exact) mass is 356 g/mol. The predicted molar refractivity (Wildman–Crippen MR) is 105 cm³/mol. The first kappa shape index (κ1) is 15.4. The summed E-state index contributed by atoms with van der Waals surface area (Å²) < 4.78 is 1.78. The molecule has 2 aromatic carbocycles. The lowest BCUT2D eigenvalue weighted by molar-refractivity contribution is 0.927. The van der Waals surface area contributed by atoms with Crippen molar-refractivity contribution in [1.82, 2.24) is 24.6 Å². The number of aromatic amines is 2.